The van der Waals surface area contributed by atoms with Gasteiger partial charge in [-0.15, -0.1) is 11.3 Å². The molecule has 9 rings (SSSR count). The predicted octanol–water partition coefficient (Wildman–Crippen LogP) is 10.3. The molecule has 0 N–H and O–H groups in total. The van der Waals surface area contributed by atoms with E-state index in [4.69, 9.17) is 15.0 Å². The lowest BCUT2D eigenvalue weighted by Gasteiger charge is -2.11. The monoisotopic (exact) mass is 580 g/mol. The van der Waals surface area contributed by atoms with Crippen molar-refractivity contribution in [3.63, 3.8) is 0 Å². The molecule has 0 spiro atoms. The minimum Gasteiger partial charge on any atom is -0.308 e. The second kappa shape index (κ2) is 9.97. The van der Waals surface area contributed by atoms with Crippen LogP contribution < -0.4 is 0 Å². The molecule has 0 amide bonds. The first-order valence-electron chi connectivity index (χ1n) is 14.6. The fourth-order valence-electron chi connectivity index (χ4n) is 6.20. The molecule has 3 aromatic heterocycles. The van der Waals surface area contributed by atoms with E-state index in [-0.39, 0.29) is 0 Å². The highest BCUT2D eigenvalue weighted by Crippen LogP contribution is 2.45. The van der Waals surface area contributed by atoms with E-state index in [1.54, 1.807) is 0 Å². The molecule has 206 valence electrons. The van der Waals surface area contributed by atoms with E-state index in [1.165, 1.54) is 36.5 Å². The summed E-state index contributed by atoms with van der Waals surface area (Å²) >= 11 is 1.86. The number of para-hydroxylation sites is 1. The van der Waals surface area contributed by atoms with Crippen molar-refractivity contribution in [2.24, 2.45) is 0 Å². The van der Waals surface area contributed by atoms with Crippen molar-refractivity contribution in [2.75, 3.05) is 0 Å². The number of hydrogen-bond acceptors (Lipinski definition) is 4. The zero-order valence-electron chi connectivity index (χ0n) is 23.6. The summed E-state index contributed by atoms with van der Waals surface area (Å²) < 4.78 is 4.99. The zero-order chi connectivity index (χ0) is 29.0. The first kappa shape index (κ1) is 24.9. The van der Waals surface area contributed by atoms with Crippen LogP contribution in [-0.4, -0.2) is 19.5 Å². The third-order valence-corrected chi connectivity index (χ3v) is 9.41. The third-order valence-electron chi connectivity index (χ3n) is 8.23. The van der Waals surface area contributed by atoms with Gasteiger partial charge in [0.25, 0.3) is 0 Å². The Morgan fingerprint density at radius 3 is 1.75 bits per heavy atom. The SMILES string of the molecule is c1ccc(-c2nc(-c3ccccc3)nc(-c3ccc4c5sc6ccc7ccccc7c6c5n(-c5ccccc5)c4c3)n2)cc1. The Bertz CT molecular complexity index is 2420. The fraction of sp³-hybridized carbons (Fsp3) is 0. The number of thiophene rings is 1. The average molecular weight is 581 g/mol. The molecular formula is C39H24N4S. The van der Waals surface area contributed by atoms with Crippen molar-refractivity contribution in [1.29, 1.82) is 0 Å². The number of nitrogens with zero attached hydrogens (tertiary/aromatic N) is 4. The van der Waals surface area contributed by atoms with Gasteiger partial charge in [-0.3, -0.25) is 0 Å². The maximum absolute atomic E-state index is 5.01. The van der Waals surface area contributed by atoms with Crippen LogP contribution in [0.15, 0.2) is 146 Å². The summed E-state index contributed by atoms with van der Waals surface area (Å²) in [5.74, 6) is 1.97. The largest absolute Gasteiger partial charge is 0.308 e. The predicted molar refractivity (Wildman–Crippen MR) is 183 cm³/mol. The highest BCUT2D eigenvalue weighted by molar-refractivity contribution is 7.27. The Balaban J connectivity index is 1.35. The average Bonchev–Trinajstić information content (AvgIpc) is 3.63. The van der Waals surface area contributed by atoms with Crippen molar-refractivity contribution in [3.05, 3.63) is 146 Å². The van der Waals surface area contributed by atoms with Crippen molar-refractivity contribution in [3.8, 4) is 39.9 Å². The number of rotatable bonds is 4. The van der Waals surface area contributed by atoms with E-state index < -0.39 is 0 Å². The maximum atomic E-state index is 5.01. The Kier molecular flexibility index (Phi) is 5.64. The van der Waals surface area contributed by atoms with Crippen LogP contribution in [-0.2, 0) is 0 Å². The molecule has 0 atom stereocenters. The van der Waals surface area contributed by atoms with Gasteiger partial charge in [0.2, 0.25) is 0 Å². The van der Waals surface area contributed by atoms with Crippen LogP contribution >= 0.6 is 11.3 Å². The Morgan fingerprint density at radius 2 is 1.07 bits per heavy atom. The van der Waals surface area contributed by atoms with E-state index >= 15 is 0 Å². The normalized spacial score (nSPS) is 11.6. The number of fused-ring (bicyclic) bond motifs is 7. The molecule has 0 aliphatic heterocycles. The number of hydrogen-bond donors (Lipinski definition) is 0. The molecule has 4 nitrogen and oxygen atoms in total. The van der Waals surface area contributed by atoms with Gasteiger partial charge < -0.3 is 4.57 Å². The van der Waals surface area contributed by atoms with E-state index in [2.05, 4.69) is 89.5 Å². The zero-order valence-corrected chi connectivity index (χ0v) is 24.4. The first-order valence-corrected chi connectivity index (χ1v) is 15.4. The second-order valence-electron chi connectivity index (χ2n) is 10.9. The van der Waals surface area contributed by atoms with E-state index in [0.29, 0.717) is 17.5 Å². The van der Waals surface area contributed by atoms with Crippen molar-refractivity contribution in [1.82, 2.24) is 19.5 Å². The van der Waals surface area contributed by atoms with Gasteiger partial charge in [0, 0.05) is 37.9 Å². The van der Waals surface area contributed by atoms with Crippen LogP contribution in [0.2, 0.25) is 0 Å². The van der Waals surface area contributed by atoms with Gasteiger partial charge in [0.05, 0.1) is 15.7 Å². The van der Waals surface area contributed by atoms with E-state index in [1.807, 2.05) is 72.0 Å². The lowest BCUT2D eigenvalue weighted by Crippen LogP contribution is -2.00. The number of aromatic nitrogens is 4. The maximum Gasteiger partial charge on any atom is 0.164 e. The molecule has 3 heterocycles. The van der Waals surface area contributed by atoms with Crippen molar-refractivity contribution < 1.29 is 0 Å². The molecule has 0 aliphatic carbocycles. The lowest BCUT2D eigenvalue weighted by molar-refractivity contribution is 1.07. The summed E-state index contributed by atoms with van der Waals surface area (Å²) in [6.45, 7) is 0. The molecule has 0 saturated carbocycles. The molecule has 0 radical (unpaired) electrons. The topological polar surface area (TPSA) is 43.6 Å². The fourth-order valence-corrected chi connectivity index (χ4v) is 7.44. The van der Waals surface area contributed by atoms with E-state index in [9.17, 15) is 0 Å². The standard InChI is InChI=1S/C39H24N4S/c1-4-13-26(14-5-1)37-40-38(27-15-6-2-7-16-27)42-39(41-37)28-20-22-31-32(24-28)43(29-17-8-3-9-18-29)35-34-30-19-11-10-12-25(30)21-23-33(34)44-36(31)35/h1-24H. The van der Waals surface area contributed by atoms with Crippen molar-refractivity contribution in [2.45, 2.75) is 0 Å². The quantitative estimate of drug-likeness (QED) is 0.208. The lowest BCUT2D eigenvalue weighted by atomic mass is 10.1. The molecule has 6 aromatic carbocycles. The molecule has 5 heteroatoms. The number of benzene rings is 6. The van der Waals surface area contributed by atoms with Crippen LogP contribution in [0.1, 0.15) is 0 Å². The van der Waals surface area contributed by atoms with Gasteiger partial charge >= 0.3 is 0 Å². The highest BCUT2D eigenvalue weighted by Gasteiger charge is 2.21. The summed E-state index contributed by atoms with van der Waals surface area (Å²) in [5, 5.41) is 5.03. The minimum absolute atomic E-state index is 0.652. The molecule has 0 fully saturated rings. The summed E-state index contributed by atoms with van der Waals surface area (Å²) in [7, 11) is 0. The summed E-state index contributed by atoms with van der Waals surface area (Å²) in [4.78, 5) is 14.9. The molecular weight excluding hydrogens is 557 g/mol. The van der Waals surface area contributed by atoms with Crippen LogP contribution in [0.4, 0.5) is 0 Å². The Labute approximate surface area is 257 Å². The molecule has 44 heavy (non-hydrogen) atoms. The van der Waals surface area contributed by atoms with Crippen LogP contribution in [0, 0.1) is 0 Å². The second-order valence-corrected chi connectivity index (χ2v) is 11.9. The van der Waals surface area contributed by atoms with E-state index in [0.717, 1.165) is 27.9 Å². The Morgan fingerprint density at radius 1 is 0.477 bits per heavy atom. The van der Waals surface area contributed by atoms with Gasteiger partial charge in [0.15, 0.2) is 17.5 Å². The van der Waals surface area contributed by atoms with Crippen LogP contribution in [0.25, 0.3) is 81.8 Å². The summed E-state index contributed by atoms with van der Waals surface area (Å²) in [6, 6.07) is 50.7. The minimum atomic E-state index is 0.652. The van der Waals surface area contributed by atoms with Crippen molar-refractivity contribution >= 4 is 53.3 Å². The summed E-state index contributed by atoms with van der Waals surface area (Å²) in [5.41, 5.74) is 6.37. The van der Waals surface area contributed by atoms with Gasteiger partial charge in [-0.25, -0.2) is 15.0 Å². The molecule has 0 unspecified atom stereocenters. The van der Waals surface area contributed by atoms with Gasteiger partial charge in [0.1, 0.15) is 0 Å². The van der Waals surface area contributed by atoms with Gasteiger partial charge in [-0.1, -0.05) is 121 Å². The molecule has 0 aliphatic rings. The molecule has 0 saturated heterocycles. The third kappa shape index (κ3) is 3.94. The summed E-state index contributed by atoms with van der Waals surface area (Å²) in [6.07, 6.45) is 0. The van der Waals surface area contributed by atoms with Gasteiger partial charge in [-0.05, 0) is 35.0 Å². The Hall–Kier alpha value is -5.65. The molecule has 9 aromatic rings. The van der Waals surface area contributed by atoms with Crippen LogP contribution in [0.3, 0.4) is 0 Å². The van der Waals surface area contributed by atoms with Crippen LogP contribution in [0.5, 0.6) is 0 Å². The highest BCUT2D eigenvalue weighted by atomic mass is 32.1. The smallest absolute Gasteiger partial charge is 0.164 e. The first-order chi connectivity index (χ1) is 21.8. The molecule has 0 bridgehead atoms. The van der Waals surface area contributed by atoms with Gasteiger partial charge in [-0.2, -0.15) is 0 Å².